The summed E-state index contributed by atoms with van der Waals surface area (Å²) in [6.07, 6.45) is 6.63. The van der Waals surface area contributed by atoms with Crippen LogP contribution < -0.4 is 4.90 Å². The number of aromatic nitrogens is 1. The Morgan fingerprint density at radius 2 is 2.33 bits per heavy atom. The first-order valence-electron chi connectivity index (χ1n) is 6.57. The minimum absolute atomic E-state index is 0.307. The van der Waals surface area contributed by atoms with Crippen molar-refractivity contribution >= 4 is 11.7 Å². The molecule has 2 unspecified atom stereocenters. The van der Waals surface area contributed by atoms with Crippen LogP contribution in [0.2, 0.25) is 0 Å². The lowest BCUT2D eigenvalue weighted by Gasteiger charge is -2.40. The average Bonchev–Trinajstić information content (AvgIpc) is 2.39. The molecule has 2 atom stereocenters. The van der Waals surface area contributed by atoms with E-state index >= 15 is 0 Å². The summed E-state index contributed by atoms with van der Waals surface area (Å²) < 4.78 is 0. The molecule has 0 spiro atoms. The Morgan fingerprint density at radius 1 is 1.56 bits per heavy atom. The molecule has 1 fully saturated rings. The lowest BCUT2D eigenvalue weighted by atomic mass is 9.91. The van der Waals surface area contributed by atoms with Gasteiger partial charge in [0.2, 0.25) is 0 Å². The third-order valence-electron chi connectivity index (χ3n) is 3.89. The van der Waals surface area contributed by atoms with Gasteiger partial charge >= 0.3 is 5.97 Å². The van der Waals surface area contributed by atoms with Gasteiger partial charge in [-0.3, -0.25) is 4.98 Å². The first-order valence-corrected chi connectivity index (χ1v) is 6.57. The maximum absolute atomic E-state index is 11.3. The van der Waals surface area contributed by atoms with E-state index in [1.165, 1.54) is 12.6 Å². The molecular weight excluding hydrogens is 228 g/mol. The molecule has 0 saturated carbocycles. The largest absolute Gasteiger partial charge is 0.478 e. The number of carbonyl (C=O) groups is 1. The number of carboxylic acids is 1. The second kappa shape index (κ2) is 5.38. The van der Waals surface area contributed by atoms with E-state index in [0.717, 1.165) is 25.1 Å². The lowest BCUT2D eigenvalue weighted by molar-refractivity contribution is 0.0697. The van der Waals surface area contributed by atoms with Crippen LogP contribution in [0.3, 0.4) is 0 Å². The lowest BCUT2D eigenvalue weighted by Crippen LogP contribution is -2.42. The standard InChI is InChI=1S/C14H20N2O2/c1-3-11-5-4-10(2)16(9-11)13-6-7-15-8-12(13)14(17)18/h6-8,10-11H,3-5,9H2,1-2H3,(H,17,18). The maximum Gasteiger partial charge on any atom is 0.339 e. The molecule has 0 amide bonds. The fraction of sp³-hybridized carbons (Fsp3) is 0.571. The second-order valence-electron chi connectivity index (χ2n) is 5.05. The SMILES string of the molecule is CCC1CCC(C)N(c2ccncc2C(=O)O)C1. The van der Waals surface area contributed by atoms with Crippen molar-refractivity contribution in [3.05, 3.63) is 24.0 Å². The molecule has 1 aromatic rings. The molecule has 1 saturated heterocycles. The Labute approximate surface area is 108 Å². The zero-order valence-corrected chi connectivity index (χ0v) is 11.0. The van der Waals surface area contributed by atoms with E-state index in [-0.39, 0.29) is 0 Å². The van der Waals surface area contributed by atoms with Gasteiger partial charge in [0.15, 0.2) is 0 Å². The number of rotatable bonds is 3. The van der Waals surface area contributed by atoms with Gasteiger partial charge in [0.05, 0.1) is 5.69 Å². The molecule has 1 N–H and O–H groups in total. The van der Waals surface area contributed by atoms with Crippen molar-refractivity contribution in [2.45, 2.75) is 39.2 Å². The van der Waals surface area contributed by atoms with E-state index in [0.29, 0.717) is 17.5 Å². The van der Waals surface area contributed by atoms with E-state index in [9.17, 15) is 9.90 Å². The molecule has 18 heavy (non-hydrogen) atoms. The van der Waals surface area contributed by atoms with Gasteiger partial charge in [0, 0.05) is 25.0 Å². The van der Waals surface area contributed by atoms with Crippen LogP contribution in [0.4, 0.5) is 5.69 Å². The fourth-order valence-corrected chi connectivity index (χ4v) is 2.65. The minimum atomic E-state index is -0.899. The van der Waals surface area contributed by atoms with Gasteiger partial charge < -0.3 is 10.0 Å². The predicted molar refractivity (Wildman–Crippen MR) is 71.0 cm³/mol. The highest BCUT2D eigenvalue weighted by molar-refractivity contribution is 5.94. The molecule has 0 aromatic carbocycles. The minimum Gasteiger partial charge on any atom is -0.478 e. The molecule has 1 aliphatic heterocycles. The van der Waals surface area contributed by atoms with Crippen molar-refractivity contribution < 1.29 is 9.90 Å². The van der Waals surface area contributed by atoms with E-state index in [1.54, 1.807) is 6.20 Å². The monoisotopic (exact) mass is 248 g/mol. The Morgan fingerprint density at radius 3 is 3.00 bits per heavy atom. The number of carboxylic acid groups (broad SMARTS) is 1. The average molecular weight is 248 g/mol. The zero-order chi connectivity index (χ0) is 13.1. The summed E-state index contributed by atoms with van der Waals surface area (Å²) in [7, 11) is 0. The molecule has 4 heteroatoms. The number of anilines is 1. The second-order valence-corrected chi connectivity index (χ2v) is 5.05. The zero-order valence-electron chi connectivity index (χ0n) is 11.0. The van der Waals surface area contributed by atoms with Crippen LogP contribution in [0.15, 0.2) is 18.5 Å². The van der Waals surface area contributed by atoms with Crippen LogP contribution in [0, 0.1) is 5.92 Å². The molecule has 0 bridgehead atoms. The van der Waals surface area contributed by atoms with Crippen molar-refractivity contribution in [1.29, 1.82) is 0 Å². The van der Waals surface area contributed by atoms with E-state index in [1.807, 2.05) is 6.07 Å². The first-order chi connectivity index (χ1) is 8.63. The summed E-state index contributed by atoms with van der Waals surface area (Å²) in [6, 6.07) is 2.21. The van der Waals surface area contributed by atoms with Gasteiger partial charge in [-0.25, -0.2) is 4.79 Å². The van der Waals surface area contributed by atoms with Crippen LogP contribution >= 0.6 is 0 Å². The van der Waals surface area contributed by atoms with Crippen LogP contribution in [-0.2, 0) is 0 Å². The summed E-state index contributed by atoms with van der Waals surface area (Å²) >= 11 is 0. The molecule has 2 heterocycles. The summed E-state index contributed by atoms with van der Waals surface area (Å²) in [4.78, 5) is 17.4. The Kier molecular flexibility index (Phi) is 3.84. The molecular formula is C14H20N2O2. The van der Waals surface area contributed by atoms with Gasteiger partial charge in [0.1, 0.15) is 5.56 Å². The van der Waals surface area contributed by atoms with E-state index in [2.05, 4.69) is 23.7 Å². The third-order valence-corrected chi connectivity index (χ3v) is 3.89. The predicted octanol–water partition coefficient (Wildman–Crippen LogP) is 2.79. The van der Waals surface area contributed by atoms with Crippen LogP contribution in [-0.4, -0.2) is 28.6 Å². The van der Waals surface area contributed by atoms with Gasteiger partial charge in [-0.1, -0.05) is 13.3 Å². The van der Waals surface area contributed by atoms with Crippen LogP contribution in [0.25, 0.3) is 0 Å². The van der Waals surface area contributed by atoms with Crippen molar-refractivity contribution in [3.63, 3.8) is 0 Å². The van der Waals surface area contributed by atoms with Crippen molar-refractivity contribution in [2.75, 3.05) is 11.4 Å². The smallest absolute Gasteiger partial charge is 0.339 e. The molecule has 4 nitrogen and oxygen atoms in total. The van der Waals surface area contributed by atoms with E-state index < -0.39 is 5.97 Å². The van der Waals surface area contributed by atoms with Gasteiger partial charge in [-0.2, -0.15) is 0 Å². The van der Waals surface area contributed by atoms with Gasteiger partial charge in [-0.05, 0) is 31.7 Å². The van der Waals surface area contributed by atoms with Crippen LogP contribution in [0.5, 0.6) is 0 Å². The molecule has 2 rings (SSSR count). The normalized spacial score (nSPS) is 24.0. The Bertz CT molecular complexity index is 434. The molecule has 98 valence electrons. The van der Waals surface area contributed by atoms with Crippen molar-refractivity contribution in [1.82, 2.24) is 4.98 Å². The highest BCUT2D eigenvalue weighted by Crippen LogP contribution is 2.30. The number of hydrogen-bond donors (Lipinski definition) is 1. The quantitative estimate of drug-likeness (QED) is 0.893. The number of pyridine rings is 1. The highest BCUT2D eigenvalue weighted by Gasteiger charge is 2.27. The first kappa shape index (κ1) is 12.9. The van der Waals surface area contributed by atoms with E-state index in [4.69, 9.17) is 0 Å². The summed E-state index contributed by atoms with van der Waals surface area (Å²) in [5.41, 5.74) is 1.12. The Hall–Kier alpha value is -1.58. The maximum atomic E-state index is 11.3. The van der Waals surface area contributed by atoms with Crippen LogP contribution in [0.1, 0.15) is 43.5 Å². The topological polar surface area (TPSA) is 53.4 Å². The van der Waals surface area contributed by atoms with Gasteiger partial charge in [-0.15, -0.1) is 0 Å². The number of nitrogens with zero attached hydrogens (tertiary/aromatic N) is 2. The number of piperidine rings is 1. The third kappa shape index (κ3) is 2.47. The summed E-state index contributed by atoms with van der Waals surface area (Å²) in [5, 5.41) is 9.24. The number of hydrogen-bond acceptors (Lipinski definition) is 3. The molecule has 1 aliphatic rings. The molecule has 0 aliphatic carbocycles. The summed E-state index contributed by atoms with van der Waals surface area (Å²) in [6.45, 7) is 5.31. The fourth-order valence-electron chi connectivity index (χ4n) is 2.65. The molecule has 0 radical (unpaired) electrons. The van der Waals surface area contributed by atoms with Crippen molar-refractivity contribution in [2.24, 2.45) is 5.92 Å². The van der Waals surface area contributed by atoms with Gasteiger partial charge in [0.25, 0.3) is 0 Å². The number of aromatic carboxylic acids is 1. The highest BCUT2D eigenvalue weighted by atomic mass is 16.4. The summed E-state index contributed by atoms with van der Waals surface area (Å²) in [5.74, 6) is -0.236. The Balaban J connectivity index is 2.31. The van der Waals surface area contributed by atoms with Crippen molar-refractivity contribution in [3.8, 4) is 0 Å². The molecule has 1 aromatic heterocycles.